The van der Waals surface area contributed by atoms with Crippen LogP contribution in [0, 0.1) is 11.8 Å². The van der Waals surface area contributed by atoms with Gasteiger partial charge in [0.15, 0.2) is 9.84 Å². The Morgan fingerprint density at radius 2 is 1.89 bits per heavy atom. The summed E-state index contributed by atoms with van der Waals surface area (Å²) in [5.41, 5.74) is 0. The van der Waals surface area contributed by atoms with E-state index in [0.29, 0.717) is 6.42 Å². The maximum Gasteiger partial charge on any atom is 0.220 e. The highest BCUT2D eigenvalue weighted by molar-refractivity contribution is 7.92. The number of sulfone groups is 1. The molecule has 0 N–H and O–H groups in total. The number of benzene rings is 1. The van der Waals surface area contributed by atoms with E-state index in [0.717, 1.165) is 12.8 Å². The summed E-state index contributed by atoms with van der Waals surface area (Å²) in [5, 5.41) is 0. The molecule has 0 amide bonds. The smallest absolute Gasteiger partial charge is 0.220 e. The maximum absolute atomic E-state index is 11.8. The van der Waals surface area contributed by atoms with Gasteiger partial charge >= 0.3 is 0 Å². The van der Waals surface area contributed by atoms with Gasteiger partial charge in [0.25, 0.3) is 0 Å². The molecule has 0 aliphatic rings. The lowest BCUT2D eigenvalue weighted by atomic mass is 10.2. The number of hydrogen-bond donors (Lipinski definition) is 0. The molecule has 1 aromatic carbocycles. The molecule has 18 heavy (non-hydrogen) atoms. The minimum atomic E-state index is -3.55. The predicted molar refractivity (Wildman–Crippen MR) is 70.8 cm³/mol. The molecule has 0 heterocycles. The quantitative estimate of drug-likeness (QED) is 0.465. The van der Waals surface area contributed by atoms with Crippen LogP contribution >= 0.6 is 0 Å². The Kier molecular flexibility index (Phi) is 5.60. The lowest BCUT2D eigenvalue weighted by molar-refractivity contribution is -0.111. The fraction of sp³-hybridized carbons (Fsp3) is 0.357. The van der Waals surface area contributed by atoms with Gasteiger partial charge in [-0.15, -0.1) is 0 Å². The van der Waals surface area contributed by atoms with Gasteiger partial charge in [-0.25, -0.2) is 8.42 Å². The van der Waals surface area contributed by atoms with Crippen LogP contribution in [0.25, 0.3) is 0 Å². The SMILES string of the molecule is CCCCC#CC(=O)CS(=O)(=O)c1ccccc1. The molecule has 4 heteroatoms. The second-order valence-electron chi connectivity index (χ2n) is 3.90. The molecule has 0 unspecified atom stereocenters. The predicted octanol–water partition coefficient (Wildman–Crippen LogP) is 2.22. The van der Waals surface area contributed by atoms with Crippen molar-refractivity contribution in [1.29, 1.82) is 0 Å². The first-order valence-electron chi connectivity index (χ1n) is 5.86. The molecule has 1 rings (SSSR count). The van der Waals surface area contributed by atoms with Crippen molar-refractivity contribution in [2.24, 2.45) is 0 Å². The summed E-state index contributed by atoms with van der Waals surface area (Å²) < 4.78 is 23.7. The third-order valence-electron chi connectivity index (χ3n) is 2.31. The first kappa shape index (κ1) is 14.5. The van der Waals surface area contributed by atoms with Crippen molar-refractivity contribution < 1.29 is 13.2 Å². The fourth-order valence-corrected chi connectivity index (χ4v) is 2.50. The molecule has 0 fully saturated rings. The standard InChI is InChI=1S/C14H16O3S/c1-2-3-4-6-9-13(15)12-18(16,17)14-10-7-5-8-11-14/h5,7-8,10-11H,2-4,12H2,1H3. The van der Waals surface area contributed by atoms with Crippen LogP contribution in [0.2, 0.25) is 0 Å². The van der Waals surface area contributed by atoms with Gasteiger partial charge < -0.3 is 0 Å². The van der Waals surface area contributed by atoms with Crippen molar-refractivity contribution in [3.05, 3.63) is 30.3 Å². The zero-order valence-electron chi connectivity index (χ0n) is 10.3. The summed E-state index contributed by atoms with van der Waals surface area (Å²) >= 11 is 0. The average Bonchev–Trinajstić information content (AvgIpc) is 2.35. The average molecular weight is 264 g/mol. The van der Waals surface area contributed by atoms with Gasteiger partial charge in [-0.1, -0.05) is 37.5 Å². The van der Waals surface area contributed by atoms with Gasteiger partial charge in [-0.2, -0.15) is 0 Å². The normalized spacial score (nSPS) is 10.5. The molecule has 0 radical (unpaired) electrons. The Morgan fingerprint density at radius 1 is 1.22 bits per heavy atom. The molecule has 3 nitrogen and oxygen atoms in total. The van der Waals surface area contributed by atoms with Gasteiger partial charge in [0.1, 0.15) is 5.75 Å². The molecule has 0 aliphatic heterocycles. The van der Waals surface area contributed by atoms with Crippen LogP contribution in [0.5, 0.6) is 0 Å². The molecule has 0 spiro atoms. The van der Waals surface area contributed by atoms with E-state index in [4.69, 9.17) is 0 Å². The van der Waals surface area contributed by atoms with Crippen LogP contribution in [-0.4, -0.2) is 20.0 Å². The van der Waals surface area contributed by atoms with Crippen LogP contribution in [0.3, 0.4) is 0 Å². The molecule has 0 bridgehead atoms. The van der Waals surface area contributed by atoms with E-state index in [1.807, 2.05) is 6.92 Å². The Hall–Kier alpha value is -1.60. The van der Waals surface area contributed by atoms with Crippen LogP contribution in [0.15, 0.2) is 35.2 Å². The maximum atomic E-state index is 11.8. The van der Waals surface area contributed by atoms with Crippen molar-refractivity contribution in [2.45, 2.75) is 31.1 Å². The second-order valence-corrected chi connectivity index (χ2v) is 5.89. The molecule has 0 saturated heterocycles. The van der Waals surface area contributed by atoms with E-state index in [9.17, 15) is 13.2 Å². The second kappa shape index (κ2) is 6.97. The minimum absolute atomic E-state index is 0.161. The number of ketones is 1. The molecular weight excluding hydrogens is 248 g/mol. The number of Topliss-reactive ketones (excluding diaryl/α,β-unsaturated/α-hetero) is 1. The highest BCUT2D eigenvalue weighted by Crippen LogP contribution is 2.09. The fourth-order valence-electron chi connectivity index (χ4n) is 1.35. The Balaban J connectivity index is 2.66. The van der Waals surface area contributed by atoms with E-state index in [1.165, 1.54) is 12.1 Å². The number of carbonyl (C=O) groups is 1. The number of unbranched alkanes of at least 4 members (excludes halogenated alkanes) is 2. The van der Waals surface area contributed by atoms with Crippen LogP contribution < -0.4 is 0 Å². The van der Waals surface area contributed by atoms with Crippen molar-refractivity contribution >= 4 is 15.6 Å². The lowest BCUT2D eigenvalue weighted by Crippen LogP contribution is -2.14. The molecular formula is C14H16O3S. The first-order valence-corrected chi connectivity index (χ1v) is 7.51. The summed E-state index contributed by atoms with van der Waals surface area (Å²) in [4.78, 5) is 11.6. The Bertz CT molecular complexity index is 548. The summed E-state index contributed by atoms with van der Waals surface area (Å²) in [6.07, 6.45) is 2.56. The molecule has 0 aromatic heterocycles. The third kappa shape index (κ3) is 4.72. The zero-order chi connectivity index (χ0) is 13.4. The molecule has 0 aliphatic carbocycles. The van der Waals surface area contributed by atoms with E-state index in [-0.39, 0.29) is 4.90 Å². The Morgan fingerprint density at radius 3 is 2.50 bits per heavy atom. The van der Waals surface area contributed by atoms with Gasteiger partial charge in [-0.05, 0) is 24.5 Å². The first-order chi connectivity index (χ1) is 8.56. The van der Waals surface area contributed by atoms with Crippen molar-refractivity contribution in [3.8, 4) is 11.8 Å². The van der Waals surface area contributed by atoms with Crippen molar-refractivity contribution in [2.75, 3.05) is 5.75 Å². The van der Waals surface area contributed by atoms with Crippen LogP contribution in [0.1, 0.15) is 26.2 Å². The van der Waals surface area contributed by atoms with Gasteiger partial charge in [0, 0.05) is 6.42 Å². The third-order valence-corrected chi connectivity index (χ3v) is 3.94. The summed E-state index contributed by atoms with van der Waals surface area (Å²) in [6.45, 7) is 2.03. The summed E-state index contributed by atoms with van der Waals surface area (Å²) in [7, 11) is -3.55. The van der Waals surface area contributed by atoms with Crippen molar-refractivity contribution in [1.82, 2.24) is 0 Å². The zero-order valence-corrected chi connectivity index (χ0v) is 11.2. The largest absolute Gasteiger partial charge is 0.284 e. The highest BCUT2D eigenvalue weighted by Gasteiger charge is 2.17. The molecule has 0 saturated carbocycles. The summed E-state index contributed by atoms with van der Waals surface area (Å²) in [5.74, 6) is 3.98. The van der Waals surface area contributed by atoms with Gasteiger partial charge in [-0.3, -0.25) is 4.79 Å². The summed E-state index contributed by atoms with van der Waals surface area (Å²) in [6, 6.07) is 7.94. The number of hydrogen-bond acceptors (Lipinski definition) is 3. The Labute approximate surface area is 108 Å². The molecule has 0 atom stereocenters. The molecule has 1 aromatic rings. The van der Waals surface area contributed by atoms with E-state index in [2.05, 4.69) is 11.8 Å². The molecule has 96 valence electrons. The number of rotatable bonds is 5. The van der Waals surface area contributed by atoms with Crippen LogP contribution in [0.4, 0.5) is 0 Å². The van der Waals surface area contributed by atoms with Crippen molar-refractivity contribution in [3.63, 3.8) is 0 Å². The van der Waals surface area contributed by atoms with Gasteiger partial charge in [0.2, 0.25) is 5.78 Å². The van der Waals surface area contributed by atoms with E-state index >= 15 is 0 Å². The van der Waals surface area contributed by atoms with E-state index in [1.54, 1.807) is 18.2 Å². The highest BCUT2D eigenvalue weighted by atomic mass is 32.2. The minimum Gasteiger partial charge on any atom is -0.284 e. The van der Waals surface area contributed by atoms with Crippen LogP contribution in [-0.2, 0) is 14.6 Å². The van der Waals surface area contributed by atoms with Gasteiger partial charge in [0.05, 0.1) is 4.90 Å². The van der Waals surface area contributed by atoms with E-state index < -0.39 is 21.4 Å². The number of carbonyl (C=O) groups excluding carboxylic acids is 1. The monoisotopic (exact) mass is 264 g/mol. The topological polar surface area (TPSA) is 51.2 Å². The lowest BCUT2D eigenvalue weighted by Gasteiger charge is -2.00.